The van der Waals surface area contributed by atoms with E-state index in [9.17, 15) is 14.4 Å². The molecule has 2 N–H and O–H groups in total. The first-order valence-corrected chi connectivity index (χ1v) is 9.28. The highest BCUT2D eigenvalue weighted by Crippen LogP contribution is 2.24. The van der Waals surface area contributed by atoms with Gasteiger partial charge in [0.05, 0.1) is 13.2 Å². The van der Waals surface area contributed by atoms with Gasteiger partial charge in [0.25, 0.3) is 5.91 Å². The van der Waals surface area contributed by atoms with E-state index in [4.69, 9.17) is 4.74 Å². The van der Waals surface area contributed by atoms with Crippen LogP contribution in [0, 0.1) is 0 Å². The maximum absolute atomic E-state index is 12.2. The highest BCUT2D eigenvalue weighted by molar-refractivity contribution is 6.00. The van der Waals surface area contributed by atoms with Crippen molar-refractivity contribution in [1.82, 2.24) is 5.32 Å². The normalized spacial score (nSPS) is 13.3. The van der Waals surface area contributed by atoms with E-state index in [1.54, 1.807) is 47.4 Å². The minimum absolute atomic E-state index is 0.0890. The van der Waals surface area contributed by atoms with Crippen molar-refractivity contribution >= 4 is 29.1 Å². The average Bonchev–Trinajstić information content (AvgIpc) is 3.13. The van der Waals surface area contributed by atoms with Gasteiger partial charge in [-0.2, -0.15) is 0 Å². The van der Waals surface area contributed by atoms with Crippen molar-refractivity contribution in [2.24, 2.45) is 0 Å². The van der Waals surface area contributed by atoms with E-state index in [1.807, 2.05) is 13.0 Å². The molecule has 0 aromatic heterocycles. The molecule has 1 aliphatic rings. The molecule has 7 nitrogen and oxygen atoms in total. The van der Waals surface area contributed by atoms with Gasteiger partial charge >= 0.3 is 0 Å². The molecule has 3 amide bonds. The molecule has 0 atom stereocenters. The number of nitrogens with one attached hydrogen (secondary N) is 2. The van der Waals surface area contributed by atoms with Crippen LogP contribution in [0.5, 0.6) is 5.75 Å². The van der Waals surface area contributed by atoms with Gasteiger partial charge in [-0.1, -0.05) is 6.07 Å². The first-order valence-electron chi connectivity index (χ1n) is 9.28. The Morgan fingerprint density at radius 3 is 2.61 bits per heavy atom. The van der Waals surface area contributed by atoms with Crippen LogP contribution in [0.2, 0.25) is 0 Å². The van der Waals surface area contributed by atoms with Crippen molar-refractivity contribution in [3.63, 3.8) is 0 Å². The number of ether oxygens (including phenoxy) is 1. The third kappa shape index (κ3) is 4.88. The molecule has 7 heteroatoms. The van der Waals surface area contributed by atoms with Crippen LogP contribution in [0.3, 0.4) is 0 Å². The van der Waals surface area contributed by atoms with Gasteiger partial charge in [-0.3, -0.25) is 14.4 Å². The van der Waals surface area contributed by atoms with Gasteiger partial charge in [0.1, 0.15) is 5.75 Å². The number of rotatable bonds is 7. The molecule has 146 valence electrons. The zero-order valence-corrected chi connectivity index (χ0v) is 15.7. The van der Waals surface area contributed by atoms with Gasteiger partial charge in [-0.25, -0.2) is 0 Å². The highest BCUT2D eigenvalue weighted by Gasteiger charge is 2.21. The summed E-state index contributed by atoms with van der Waals surface area (Å²) in [5.41, 5.74) is 1.79. The van der Waals surface area contributed by atoms with E-state index >= 15 is 0 Å². The van der Waals surface area contributed by atoms with E-state index in [0.29, 0.717) is 36.6 Å². The summed E-state index contributed by atoms with van der Waals surface area (Å²) in [5.74, 6) is 0.0954. The molecule has 0 aliphatic carbocycles. The van der Waals surface area contributed by atoms with Gasteiger partial charge in [-0.15, -0.1) is 0 Å². The number of hydrogen-bond donors (Lipinski definition) is 2. The third-order valence-corrected chi connectivity index (χ3v) is 4.35. The van der Waals surface area contributed by atoms with Gasteiger partial charge in [0, 0.05) is 29.9 Å². The number of amides is 3. The van der Waals surface area contributed by atoms with Gasteiger partial charge < -0.3 is 20.3 Å². The maximum atomic E-state index is 12.2. The number of anilines is 2. The lowest BCUT2D eigenvalue weighted by Gasteiger charge is -2.16. The summed E-state index contributed by atoms with van der Waals surface area (Å²) >= 11 is 0. The molecule has 0 spiro atoms. The minimum Gasteiger partial charge on any atom is -0.494 e. The van der Waals surface area contributed by atoms with Gasteiger partial charge in [0.2, 0.25) is 11.8 Å². The number of hydrogen-bond acceptors (Lipinski definition) is 4. The maximum Gasteiger partial charge on any atom is 0.251 e. The smallest absolute Gasteiger partial charge is 0.251 e. The number of carbonyl (C=O) groups excluding carboxylic acids is 3. The van der Waals surface area contributed by atoms with Crippen LogP contribution in [-0.4, -0.2) is 37.4 Å². The molecule has 0 saturated carbocycles. The van der Waals surface area contributed by atoms with Gasteiger partial charge in [0.15, 0.2) is 0 Å². The Bertz CT molecular complexity index is 864. The summed E-state index contributed by atoms with van der Waals surface area (Å²) in [5, 5.41) is 5.33. The van der Waals surface area contributed by atoms with Crippen molar-refractivity contribution in [2.45, 2.75) is 19.8 Å². The number of benzene rings is 2. The van der Waals surface area contributed by atoms with E-state index in [1.165, 1.54) is 0 Å². The fourth-order valence-corrected chi connectivity index (χ4v) is 3.01. The summed E-state index contributed by atoms with van der Waals surface area (Å²) in [4.78, 5) is 37.9. The Labute approximate surface area is 163 Å². The molecule has 2 aromatic carbocycles. The predicted octanol–water partition coefficient (Wildman–Crippen LogP) is 2.58. The lowest BCUT2D eigenvalue weighted by atomic mass is 10.2. The standard InChI is InChI=1S/C21H23N3O4/c1-2-28-18-10-8-15(9-11-18)21(27)22-14-19(25)23-16-5-3-6-17(13-16)24-12-4-7-20(24)26/h3,5-6,8-11,13H,2,4,7,12,14H2,1H3,(H,22,27)(H,23,25). The van der Waals surface area contributed by atoms with Gasteiger partial charge in [-0.05, 0) is 55.8 Å². The van der Waals surface area contributed by atoms with Crippen LogP contribution < -0.4 is 20.3 Å². The quantitative estimate of drug-likeness (QED) is 0.772. The second kappa shape index (κ2) is 9.03. The fraction of sp³-hybridized carbons (Fsp3) is 0.286. The van der Waals surface area contributed by atoms with Crippen molar-refractivity contribution in [3.8, 4) is 5.75 Å². The second-order valence-electron chi connectivity index (χ2n) is 6.39. The molecular formula is C21H23N3O4. The van der Waals surface area contributed by atoms with Crippen LogP contribution >= 0.6 is 0 Å². The molecule has 0 bridgehead atoms. The molecule has 1 saturated heterocycles. The molecule has 0 unspecified atom stereocenters. The van der Waals surface area contributed by atoms with Crippen molar-refractivity contribution < 1.29 is 19.1 Å². The SMILES string of the molecule is CCOc1ccc(C(=O)NCC(=O)Nc2cccc(N3CCCC3=O)c2)cc1. The van der Waals surface area contributed by atoms with Crippen molar-refractivity contribution in [1.29, 1.82) is 0 Å². The second-order valence-corrected chi connectivity index (χ2v) is 6.39. The zero-order chi connectivity index (χ0) is 19.9. The highest BCUT2D eigenvalue weighted by atomic mass is 16.5. The Hall–Kier alpha value is -3.35. The third-order valence-electron chi connectivity index (χ3n) is 4.35. The molecule has 0 radical (unpaired) electrons. The Kier molecular flexibility index (Phi) is 6.26. The number of carbonyl (C=O) groups is 3. The van der Waals surface area contributed by atoms with Crippen molar-refractivity contribution in [2.75, 3.05) is 29.9 Å². The molecule has 3 rings (SSSR count). The van der Waals surface area contributed by atoms with E-state index < -0.39 is 0 Å². The molecule has 2 aromatic rings. The van der Waals surface area contributed by atoms with E-state index in [0.717, 1.165) is 12.1 Å². The number of nitrogens with zero attached hydrogens (tertiary/aromatic N) is 1. The summed E-state index contributed by atoms with van der Waals surface area (Å²) in [7, 11) is 0. The summed E-state index contributed by atoms with van der Waals surface area (Å²) in [6, 6.07) is 13.9. The lowest BCUT2D eigenvalue weighted by molar-refractivity contribution is -0.117. The molecule has 1 aliphatic heterocycles. The van der Waals surface area contributed by atoms with Crippen molar-refractivity contribution in [3.05, 3.63) is 54.1 Å². The fourth-order valence-electron chi connectivity index (χ4n) is 3.01. The van der Waals surface area contributed by atoms with Crippen LogP contribution in [0.15, 0.2) is 48.5 Å². The topological polar surface area (TPSA) is 87.7 Å². The zero-order valence-electron chi connectivity index (χ0n) is 15.7. The largest absolute Gasteiger partial charge is 0.494 e. The van der Waals surface area contributed by atoms with Crippen LogP contribution in [0.25, 0.3) is 0 Å². The predicted molar refractivity (Wildman–Crippen MR) is 107 cm³/mol. The molecule has 1 fully saturated rings. The molecular weight excluding hydrogens is 358 g/mol. The summed E-state index contributed by atoms with van der Waals surface area (Å²) in [6.45, 7) is 2.98. The first kappa shape index (κ1) is 19.4. The minimum atomic E-state index is -0.343. The average molecular weight is 381 g/mol. The monoisotopic (exact) mass is 381 g/mol. The Morgan fingerprint density at radius 2 is 1.93 bits per heavy atom. The summed E-state index contributed by atoms with van der Waals surface area (Å²) in [6.07, 6.45) is 1.39. The van der Waals surface area contributed by atoms with Crippen LogP contribution in [0.1, 0.15) is 30.1 Å². The lowest BCUT2D eigenvalue weighted by Crippen LogP contribution is -2.32. The van der Waals surface area contributed by atoms with E-state index in [-0.39, 0.29) is 24.3 Å². The molecule has 1 heterocycles. The molecule has 28 heavy (non-hydrogen) atoms. The summed E-state index contributed by atoms with van der Waals surface area (Å²) < 4.78 is 5.34. The first-order chi connectivity index (χ1) is 13.6. The Balaban J connectivity index is 1.52. The van der Waals surface area contributed by atoms with Crippen LogP contribution in [-0.2, 0) is 9.59 Å². The van der Waals surface area contributed by atoms with E-state index in [2.05, 4.69) is 10.6 Å². The Morgan fingerprint density at radius 1 is 1.14 bits per heavy atom. The van der Waals surface area contributed by atoms with Crippen LogP contribution in [0.4, 0.5) is 11.4 Å².